The molecule has 0 heterocycles. The van der Waals surface area contributed by atoms with E-state index in [0.717, 1.165) is 0 Å². The molecule has 0 rings (SSSR count). The van der Waals surface area contributed by atoms with Gasteiger partial charge in [-0.2, -0.15) is 19.4 Å². The van der Waals surface area contributed by atoms with Gasteiger partial charge < -0.3 is 25.3 Å². The summed E-state index contributed by atoms with van der Waals surface area (Å²) >= 11 is 0. The van der Waals surface area contributed by atoms with Crippen molar-refractivity contribution >= 4 is 31.7 Å². The summed E-state index contributed by atoms with van der Waals surface area (Å²) in [6, 6.07) is 0. The summed E-state index contributed by atoms with van der Waals surface area (Å²) in [5, 5.41) is 34.2. The van der Waals surface area contributed by atoms with Crippen LogP contribution in [0.3, 0.4) is 0 Å². The van der Waals surface area contributed by atoms with Crippen LogP contribution in [0.4, 0.5) is 0 Å². The molecule has 0 aromatic heterocycles. The highest BCUT2D eigenvalue weighted by atomic mass is 31.2. The van der Waals surface area contributed by atoms with Crippen molar-refractivity contribution in [2.24, 2.45) is 0 Å². The lowest BCUT2D eigenvalue weighted by Crippen LogP contribution is -2.37. The molecule has 0 aromatic carbocycles. The minimum atomic E-state index is -5.23. The summed E-state index contributed by atoms with van der Waals surface area (Å²) in [7, 11) is -5.23. The number of carboxylic acid groups (broad SMARTS) is 4. The molecule has 14 nitrogen and oxygen atoms in total. The number of aliphatic carboxylic acids is 4. The number of carbonyl (C=O) groups is 4. The molecule has 15 heteroatoms. The average molecular weight is 360 g/mol. The number of hydrogen-bond acceptors (Lipinski definition) is 9. The third-order valence-corrected chi connectivity index (χ3v) is 2.56. The molecule has 0 aromatic rings. The van der Waals surface area contributed by atoms with Crippen LogP contribution in [0.15, 0.2) is 0 Å². The van der Waals surface area contributed by atoms with Gasteiger partial charge >= 0.3 is 31.7 Å². The third kappa shape index (κ3) is 11.2. The van der Waals surface area contributed by atoms with Crippen molar-refractivity contribution in [2.45, 2.75) is 0 Å². The van der Waals surface area contributed by atoms with Gasteiger partial charge in [0.2, 0.25) is 0 Å². The number of carboxylic acids is 4. The molecule has 0 atom stereocenters. The summed E-state index contributed by atoms with van der Waals surface area (Å²) < 4.78 is 20.0. The lowest BCUT2D eigenvalue weighted by Gasteiger charge is -2.24. The zero-order valence-corrected chi connectivity index (χ0v) is 12.2. The Morgan fingerprint density at radius 1 is 0.696 bits per heavy atom. The Hall–Kier alpha value is -2.09. The largest absolute Gasteiger partial charge is 0.505 e. The van der Waals surface area contributed by atoms with Gasteiger partial charge in [0.25, 0.3) is 0 Å². The highest BCUT2D eigenvalue weighted by molar-refractivity contribution is 7.47. The zero-order chi connectivity index (χ0) is 18.2. The van der Waals surface area contributed by atoms with E-state index in [-0.39, 0.29) is 10.1 Å². The maximum Gasteiger partial charge on any atom is 0.505 e. The van der Waals surface area contributed by atoms with Crippen molar-refractivity contribution in [1.29, 1.82) is 0 Å². The fourth-order valence-corrected chi connectivity index (χ4v) is 1.98. The Morgan fingerprint density at radius 3 is 1.09 bits per heavy atom. The fraction of sp³-hybridized carbons (Fsp3) is 0.500. The molecule has 132 valence electrons. The minimum Gasteiger partial charge on any atom is -0.480 e. The lowest BCUT2D eigenvalue weighted by molar-refractivity contribution is -0.174. The van der Waals surface area contributed by atoms with Gasteiger partial charge in [-0.3, -0.25) is 19.2 Å². The summed E-state index contributed by atoms with van der Waals surface area (Å²) in [5.41, 5.74) is 0. The second-order valence-corrected chi connectivity index (χ2v) is 5.07. The van der Waals surface area contributed by atoms with Crippen LogP contribution in [0.25, 0.3) is 0 Å². The summed E-state index contributed by atoms with van der Waals surface area (Å²) in [6.07, 6.45) is 0. The van der Waals surface area contributed by atoms with Crippen molar-refractivity contribution in [3.63, 3.8) is 0 Å². The number of rotatable bonds is 12. The normalized spacial score (nSPS) is 11.6. The fourth-order valence-electron chi connectivity index (χ4n) is 1.14. The molecule has 0 saturated carbocycles. The van der Waals surface area contributed by atoms with E-state index in [2.05, 4.69) is 9.25 Å². The van der Waals surface area contributed by atoms with Crippen LogP contribution in [-0.4, -0.2) is 85.5 Å². The van der Waals surface area contributed by atoms with E-state index in [1.807, 2.05) is 0 Å². The molecule has 0 fully saturated rings. The standard InChI is InChI=1S/C8H13N2O12P/c11-5(12)1-9(2-6(13)14)21-23(19,20)22-10(3-7(15)16)4-8(17)18/h1-4H2,(H,11,12)(H,13,14)(H,15,16)(H,17,18)(H,19,20). The van der Waals surface area contributed by atoms with Gasteiger partial charge in [0.05, 0.1) is 0 Å². The molecule has 0 bridgehead atoms. The van der Waals surface area contributed by atoms with Gasteiger partial charge in [-0.1, -0.05) is 0 Å². The second kappa shape index (κ2) is 9.14. The first kappa shape index (κ1) is 20.9. The van der Waals surface area contributed by atoms with Crippen LogP contribution >= 0.6 is 7.82 Å². The van der Waals surface area contributed by atoms with E-state index in [1.165, 1.54) is 0 Å². The first-order valence-electron chi connectivity index (χ1n) is 5.50. The number of hydroxylamine groups is 4. The van der Waals surface area contributed by atoms with Crippen molar-refractivity contribution in [1.82, 2.24) is 10.1 Å². The Morgan fingerprint density at radius 2 is 0.913 bits per heavy atom. The van der Waals surface area contributed by atoms with Crippen LogP contribution in [0.5, 0.6) is 0 Å². The first-order valence-corrected chi connectivity index (χ1v) is 7.00. The summed E-state index contributed by atoms with van der Waals surface area (Å²) in [6.45, 7) is -4.45. The predicted molar refractivity (Wildman–Crippen MR) is 65.7 cm³/mol. The predicted octanol–water partition coefficient (Wildman–Crippen LogP) is -2.11. The monoisotopic (exact) mass is 360 g/mol. The topological polar surface area (TPSA) is 211 Å². The average Bonchev–Trinajstić information content (AvgIpc) is 2.22. The number of hydrogen-bond donors (Lipinski definition) is 5. The molecular formula is C8H13N2O12P. The summed E-state index contributed by atoms with van der Waals surface area (Å²) in [5.74, 6) is -6.39. The SMILES string of the molecule is O=C(O)CN(CC(=O)O)OP(=O)(O)ON(CC(=O)O)CC(=O)O. The quantitative estimate of drug-likeness (QED) is 0.186. The Kier molecular flexibility index (Phi) is 8.31. The second-order valence-electron chi connectivity index (χ2n) is 3.80. The highest BCUT2D eigenvalue weighted by Crippen LogP contribution is 2.45. The van der Waals surface area contributed by atoms with Crippen molar-refractivity contribution in [3.8, 4) is 0 Å². The smallest absolute Gasteiger partial charge is 0.480 e. The molecule has 0 aliphatic rings. The van der Waals surface area contributed by atoms with Crippen molar-refractivity contribution in [2.75, 3.05) is 26.2 Å². The zero-order valence-electron chi connectivity index (χ0n) is 11.3. The molecule has 0 unspecified atom stereocenters. The molecular weight excluding hydrogens is 347 g/mol. The molecule has 0 amide bonds. The number of nitrogens with zero attached hydrogens (tertiary/aromatic N) is 2. The Balaban J connectivity index is 4.98. The van der Waals surface area contributed by atoms with Gasteiger partial charge in [-0.25, -0.2) is 4.57 Å². The third-order valence-electron chi connectivity index (χ3n) is 1.68. The molecule has 5 N–H and O–H groups in total. The first-order chi connectivity index (χ1) is 10.4. The van der Waals surface area contributed by atoms with Gasteiger partial charge in [-0.05, 0) is 0 Å². The van der Waals surface area contributed by atoms with Crippen molar-refractivity contribution in [3.05, 3.63) is 0 Å². The van der Waals surface area contributed by atoms with Crippen LogP contribution in [0, 0.1) is 0 Å². The lowest BCUT2D eigenvalue weighted by atomic mass is 10.6. The maximum atomic E-state index is 11.6. The Labute approximate surface area is 127 Å². The van der Waals surface area contributed by atoms with E-state index < -0.39 is 57.9 Å². The minimum absolute atomic E-state index is 0.0607. The Bertz CT molecular complexity index is 447. The van der Waals surface area contributed by atoms with E-state index >= 15 is 0 Å². The molecule has 0 aliphatic carbocycles. The molecule has 0 saturated heterocycles. The molecule has 23 heavy (non-hydrogen) atoms. The van der Waals surface area contributed by atoms with Crippen LogP contribution in [-0.2, 0) is 33.0 Å². The molecule has 0 aliphatic heterocycles. The van der Waals surface area contributed by atoms with Gasteiger partial charge in [-0.15, -0.1) is 0 Å². The van der Waals surface area contributed by atoms with Gasteiger partial charge in [0.15, 0.2) is 0 Å². The van der Waals surface area contributed by atoms with Gasteiger partial charge in [0, 0.05) is 0 Å². The molecule has 0 spiro atoms. The van der Waals surface area contributed by atoms with Gasteiger partial charge in [0.1, 0.15) is 26.2 Å². The van der Waals surface area contributed by atoms with Crippen molar-refractivity contribution < 1.29 is 58.3 Å². The van der Waals surface area contributed by atoms with Crippen LogP contribution < -0.4 is 0 Å². The van der Waals surface area contributed by atoms with Crippen LogP contribution in [0.1, 0.15) is 0 Å². The highest BCUT2D eigenvalue weighted by Gasteiger charge is 2.33. The molecule has 0 radical (unpaired) electrons. The van der Waals surface area contributed by atoms with E-state index in [1.54, 1.807) is 0 Å². The van der Waals surface area contributed by atoms with E-state index in [9.17, 15) is 28.6 Å². The van der Waals surface area contributed by atoms with E-state index in [0.29, 0.717) is 0 Å². The number of phosphoric acid groups is 1. The van der Waals surface area contributed by atoms with E-state index in [4.69, 9.17) is 20.4 Å². The maximum absolute atomic E-state index is 11.6. The summed E-state index contributed by atoms with van der Waals surface area (Å²) in [4.78, 5) is 51.4. The van der Waals surface area contributed by atoms with Crippen LogP contribution in [0.2, 0.25) is 0 Å².